The predicted molar refractivity (Wildman–Crippen MR) is 150 cm³/mol. The molecule has 4 heterocycles. The van der Waals surface area contributed by atoms with Gasteiger partial charge in [0.2, 0.25) is 0 Å². The minimum atomic E-state index is 0.933. The van der Waals surface area contributed by atoms with E-state index in [2.05, 4.69) is 77.7 Å². The number of nitrogens with zero attached hydrogens (tertiary/aromatic N) is 4. The molecular weight excluding hydrogens is 484 g/mol. The van der Waals surface area contributed by atoms with Gasteiger partial charge in [0.25, 0.3) is 0 Å². The van der Waals surface area contributed by atoms with Gasteiger partial charge in [0.15, 0.2) is 0 Å². The van der Waals surface area contributed by atoms with Gasteiger partial charge in [0.05, 0.1) is 23.5 Å². The summed E-state index contributed by atoms with van der Waals surface area (Å²) in [5.41, 5.74) is 12.9. The average molecular weight is 503 g/mol. The second-order valence-electron chi connectivity index (χ2n) is 9.27. The van der Waals surface area contributed by atoms with Crippen molar-refractivity contribution < 1.29 is 0 Å². The Bertz CT molecular complexity index is 1990. The molecular formula is C28H18N6S2. The Morgan fingerprint density at radius 2 is 1.06 bits per heavy atom. The van der Waals surface area contributed by atoms with Crippen LogP contribution in [-0.4, -0.2) is 27.5 Å². The Morgan fingerprint density at radius 3 is 1.53 bits per heavy atom. The molecule has 0 aliphatic rings. The molecule has 0 bridgehead atoms. The van der Waals surface area contributed by atoms with Gasteiger partial charge in [0.1, 0.15) is 22.1 Å². The van der Waals surface area contributed by atoms with Crippen molar-refractivity contribution in [2.45, 2.75) is 13.8 Å². The van der Waals surface area contributed by atoms with Gasteiger partial charge in [0, 0.05) is 44.3 Å². The molecule has 8 aromatic rings. The SMILES string of the molecule is Cc1c2cc3cc(-c4cccc5nsnc45)[nH]c3c(C)c2cc2cc(-c3cccc4nsnc34)[nH]c12. The molecule has 0 aliphatic carbocycles. The number of fused-ring (bicyclic) bond motifs is 5. The van der Waals surface area contributed by atoms with Crippen molar-refractivity contribution in [1.82, 2.24) is 27.5 Å². The van der Waals surface area contributed by atoms with Gasteiger partial charge >= 0.3 is 0 Å². The number of rotatable bonds is 2. The van der Waals surface area contributed by atoms with E-state index >= 15 is 0 Å². The topological polar surface area (TPSA) is 83.1 Å². The summed E-state index contributed by atoms with van der Waals surface area (Å²) < 4.78 is 17.9. The van der Waals surface area contributed by atoms with E-state index < -0.39 is 0 Å². The van der Waals surface area contributed by atoms with E-state index in [1.54, 1.807) is 0 Å². The highest BCUT2D eigenvalue weighted by atomic mass is 32.1. The monoisotopic (exact) mass is 502 g/mol. The van der Waals surface area contributed by atoms with Crippen molar-refractivity contribution in [2.75, 3.05) is 0 Å². The van der Waals surface area contributed by atoms with Crippen LogP contribution >= 0.6 is 23.5 Å². The van der Waals surface area contributed by atoms with Gasteiger partial charge in [-0.15, -0.1) is 0 Å². The molecule has 4 aromatic heterocycles. The number of aryl methyl sites for hydroxylation is 2. The lowest BCUT2D eigenvalue weighted by atomic mass is 9.96. The zero-order valence-corrected chi connectivity index (χ0v) is 21.0. The fourth-order valence-electron chi connectivity index (χ4n) is 5.48. The lowest BCUT2D eigenvalue weighted by molar-refractivity contribution is 1.41. The first-order chi connectivity index (χ1) is 17.7. The quantitative estimate of drug-likeness (QED) is 0.253. The number of aromatic amines is 2. The minimum Gasteiger partial charge on any atom is -0.354 e. The van der Waals surface area contributed by atoms with Crippen molar-refractivity contribution in [2.24, 2.45) is 0 Å². The second kappa shape index (κ2) is 7.19. The lowest BCUT2D eigenvalue weighted by Gasteiger charge is -2.09. The van der Waals surface area contributed by atoms with E-state index in [9.17, 15) is 0 Å². The second-order valence-corrected chi connectivity index (χ2v) is 10.3. The fraction of sp³-hybridized carbons (Fsp3) is 0.0714. The molecule has 8 rings (SSSR count). The maximum atomic E-state index is 4.53. The molecule has 0 amide bonds. The molecule has 0 spiro atoms. The van der Waals surface area contributed by atoms with Crippen molar-refractivity contribution >= 4 is 78.1 Å². The van der Waals surface area contributed by atoms with Crippen LogP contribution in [0.1, 0.15) is 11.1 Å². The van der Waals surface area contributed by atoms with E-state index in [1.165, 1.54) is 56.1 Å². The van der Waals surface area contributed by atoms with Crippen molar-refractivity contribution in [3.63, 3.8) is 0 Å². The van der Waals surface area contributed by atoms with Crippen LogP contribution in [0.5, 0.6) is 0 Å². The van der Waals surface area contributed by atoms with Crippen LogP contribution in [0.4, 0.5) is 0 Å². The van der Waals surface area contributed by atoms with E-state index in [1.807, 2.05) is 24.3 Å². The summed E-state index contributed by atoms with van der Waals surface area (Å²) in [6.07, 6.45) is 0. The van der Waals surface area contributed by atoms with Gasteiger partial charge in [-0.3, -0.25) is 0 Å². The van der Waals surface area contributed by atoms with Gasteiger partial charge in [-0.2, -0.15) is 17.5 Å². The fourth-order valence-corrected chi connectivity index (χ4v) is 6.58. The molecule has 8 heteroatoms. The molecule has 0 saturated heterocycles. The van der Waals surface area contributed by atoms with Gasteiger partial charge in [-0.25, -0.2) is 0 Å². The van der Waals surface area contributed by atoms with Crippen LogP contribution in [0.2, 0.25) is 0 Å². The first-order valence-corrected chi connectivity index (χ1v) is 13.1. The molecule has 0 aliphatic heterocycles. The summed E-state index contributed by atoms with van der Waals surface area (Å²) in [5.74, 6) is 0. The van der Waals surface area contributed by atoms with Gasteiger partial charge in [-0.1, -0.05) is 24.3 Å². The molecule has 0 saturated carbocycles. The number of H-pyrrole nitrogens is 2. The van der Waals surface area contributed by atoms with Crippen LogP contribution in [0.15, 0.2) is 60.7 Å². The van der Waals surface area contributed by atoms with Crippen molar-refractivity contribution in [3.05, 3.63) is 71.8 Å². The van der Waals surface area contributed by atoms with E-state index in [4.69, 9.17) is 0 Å². The number of hydrogen-bond donors (Lipinski definition) is 2. The standard InChI is InChI=1S/C28H18N6S2/c1-13-19-9-16-12-24(18-6-4-8-22-28(18)34-36-32-22)30-26(16)14(2)20(19)10-15-11-23(29-25(13)15)17-5-3-7-21-27(17)33-35-31-21/h3-12,29-30H,1-2H3. The molecule has 36 heavy (non-hydrogen) atoms. The van der Waals surface area contributed by atoms with Crippen LogP contribution in [-0.2, 0) is 0 Å². The zero-order valence-electron chi connectivity index (χ0n) is 19.4. The largest absolute Gasteiger partial charge is 0.354 e. The van der Waals surface area contributed by atoms with Crippen LogP contribution in [0, 0.1) is 13.8 Å². The maximum absolute atomic E-state index is 4.53. The normalized spacial score (nSPS) is 12.2. The molecule has 6 nitrogen and oxygen atoms in total. The third kappa shape index (κ3) is 2.71. The van der Waals surface area contributed by atoms with E-state index in [0.717, 1.165) is 55.6 Å². The van der Waals surface area contributed by atoms with Crippen molar-refractivity contribution in [1.29, 1.82) is 0 Å². The summed E-state index contributed by atoms with van der Waals surface area (Å²) in [6.45, 7) is 4.41. The summed E-state index contributed by atoms with van der Waals surface area (Å²) in [4.78, 5) is 7.37. The summed E-state index contributed by atoms with van der Waals surface area (Å²) >= 11 is 2.51. The smallest absolute Gasteiger partial charge is 0.114 e. The average Bonchev–Trinajstić information content (AvgIpc) is 3.69. The number of hydrogen-bond acceptors (Lipinski definition) is 6. The Labute approximate surface area is 213 Å². The maximum Gasteiger partial charge on any atom is 0.114 e. The molecule has 0 unspecified atom stereocenters. The highest BCUT2D eigenvalue weighted by Gasteiger charge is 2.17. The first-order valence-electron chi connectivity index (χ1n) is 11.7. The predicted octanol–water partition coefficient (Wildman–Crippen LogP) is 7.76. The third-order valence-electron chi connectivity index (χ3n) is 7.30. The molecule has 172 valence electrons. The highest BCUT2D eigenvalue weighted by Crippen LogP contribution is 2.38. The highest BCUT2D eigenvalue weighted by molar-refractivity contribution is 7.00. The summed E-state index contributed by atoms with van der Waals surface area (Å²) in [5, 5.41) is 4.91. The molecule has 2 N–H and O–H groups in total. The Hall–Kier alpha value is -4.14. The zero-order chi connectivity index (χ0) is 24.0. The van der Waals surface area contributed by atoms with E-state index in [0.29, 0.717) is 0 Å². The number of benzene rings is 4. The Balaban J connectivity index is 1.36. The third-order valence-corrected chi connectivity index (χ3v) is 8.38. The lowest BCUT2D eigenvalue weighted by Crippen LogP contribution is -1.87. The van der Waals surface area contributed by atoms with Crippen LogP contribution in [0.25, 0.3) is 77.2 Å². The van der Waals surface area contributed by atoms with Crippen LogP contribution in [0.3, 0.4) is 0 Å². The van der Waals surface area contributed by atoms with E-state index in [-0.39, 0.29) is 0 Å². The minimum absolute atomic E-state index is 0.933. The molecule has 0 atom stereocenters. The first kappa shape index (κ1) is 20.1. The van der Waals surface area contributed by atoms with Gasteiger partial charge < -0.3 is 9.97 Å². The Morgan fingerprint density at radius 1 is 0.583 bits per heavy atom. The molecule has 0 radical (unpaired) electrons. The van der Waals surface area contributed by atoms with Gasteiger partial charge in [-0.05, 0) is 72.1 Å². The number of nitrogens with one attached hydrogen (secondary N) is 2. The Kier molecular flexibility index (Phi) is 4.01. The number of aromatic nitrogens is 6. The summed E-state index contributed by atoms with van der Waals surface area (Å²) in [7, 11) is 0. The molecule has 0 fully saturated rings. The van der Waals surface area contributed by atoms with Crippen molar-refractivity contribution in [3.8, 4) is 22.5 Å². The summed E-state index contributed by atoms with van der Waals surface area (Å²) in [6, 6.07) is 21.4. The molecule has 4 aromatic carbocycles. The van der Waals surface area contributed by atoms with Crippen LogP contribution < -0.4 is 0 Å².